The van der Waals surface area contributed by atoms with Crippen LogP contribution in [0.1, 0.15) is 96.1 Å². The van der Waals surface area contributed by atoms with E-state index in [-0.39, 0.29) is 35.5 Å². The van der Waals surface area contributed by atoms with Crippen LogP contribution in [0, 0.1) is 5.92 Å². The van der Waals surface area contributed by atoms with Gasteiger partial charge in [0.15, 0.2) is 0 Å². The predicted molar refractivity (Wildman–Crippen MR) is 117 cm³/mol. The molecule has 0 spiro atoms. The van der Waals surface area contributed by atoms with E-state index in [1.165, 1.54) is 6.42 Å². The molecule has 2 unspecified atom stereocenters. The Hall–Kier alpha value is -1.80. The van der Waals surface area contributed by atoms with E-state index >= 15 is 0 Å². The third kappa shape index (κ3) is 5.52. The second-order valence-electron chi connectivity index (χ2n) is 10.7. The number of ketones is 1. The number of rotatable bonds is 7. The summed E-state index contributed by atoms with van der Waals surface area (Å²) >= 11 is 0. The highest BCUT2D eigenvalue weighted by Gasteiger charge is 2.39. The minimum absolute atomic E-state index is 0.0318. The molecule has 1 aliphatic carbocycles. The first-order valence-electron chi connectivity index (χ1n) is 11.6. The molecule has 2 aliphatic rings. The van der Waals surface area contributed by atoms with Crippen LogP contribution < -0.4 is 5.32 Å². The van der Waals surface area contributed by atoms with Crippen molar-refractivity contribution in [3.05, 3.63) is 11.8 Å². The number of carbonyl (C=O) groups is 2. The summed E-state index contributed by atoms with van der Waals surface area (Å²) in [7, 11) is 0. The van der Waals surface area contributed by atoms with Gasteiger partial charge in [0.25, 0.3) is 5.89 Å². The molecule has 0 radical (unpaired) electrons. The summed E-state index contributed by atoms with van der Waals surface area (Å²) < 4.78 is 5.60. The van der Waals surface area contributed by atoms with Crippen molar-refractivity contribution in [2.24, 2.45) is 5.92 Å². The van der Waals surface area contributed by atoms with Crippen LogP contribution in [0.3, 0.4) is 0 Å². The Labute approximate surface area is 185 Å². The van der Waals surface area contributed by atoms with Crippen LogP contribution in [-0.4, -0.2) is 62.7 Å². The van der Waals surface area contributed by atoms with Gasteiger partial charge in [-0.25, -0.2) is 0 Å². The van der Waals surface area contributed by atoms with Crippen molar-refractivity contribution in [1.82, 2.24) is 20.4 Å². The molecule has 2 fully saturated rings. The number of amides is 1. The fourth-order valence-corrected chi connectivity index (χ4v) is 4.65. The third-order valence-electron chi connectivity index (χ3n) is 6.68. The van der Waals surface area contributed by atoms with E-state index in [0.29, 0.717) is 18.9 Å². The number of aliphatic hydroxyl groups is 1. The van der Waals surface area contributed by atoms with Gasteiger partial charge >= 0.3 is 0 Å². The maximum Gasteiger partial charge on any atom is 0.286 e. The van der Waals surface area contributed by atoms with Gasteiger partial charge in [-0.3, -0.25) is 9.59 Å². The highest BCUT2D eigenvalue weighted by atomic mass is 16.4. The monoisotopic (exact) mass is 434 g/mol. The topological polar surface area (TPSA) is 109 Å². The molecule has 1 saturated carbocycles. The molecule has 0 bridgehead atoms. The minimum Gasteiger partial charge on any atom is -0.418 e. The predicted octanol–water partition coefficient (Wildman–Crippen LogP) is 2.85. The first kappa shape index (κ1) is 23.9. The van der Waals surface area contributed by atoms with Crippen molar-refractivity contribution in [3.8, 4) is 0 Å². The Balaban J connectivity index is 1.60. The molecule has 2 atom stereocenters. The van der Waals surface area contributed by atoms with E-state index in [1.807, 2.05) is 34.6 Å². The largest absolute Gasteiger partial charge is 0.418 e. The number of carbonyl (C=O) groups excluding carboxylic acids is 2. The van der Waals surface area contributed by atoms with Gasteiger partial charge in [-0.1, -0.05) is 40.0 Å². The van der Waals surface area contributed by atoms with Crippen molar-refractivity contribution in [3.63, 3.8) is 0 Å². The number of nitrogens with one attached hydrogen (secondary N) is 1. The minimum atomic E-state index is -0.578. The lowest BCUT2D eigenvalue weighted by Crippen LogP contribution is -2.56. The Morgan fingerprint density at radius 2 is 1.77 bits per heavy atom. The van der Waals surface area contributed by atoms with E-state index < -0.39 is 17.7 Å². The molecule has 8 heteroatoms. The molecule has 3 rings (SSSR count). The van der Waals surface area contributed by atoms with Crippen LogP contribution in [0.25, 0.3) is 0 Å². The fraction of sp³-hybridized carbons (Fsp3) is 0.826. The molecule has 1 aromatic rings. The van der Waals surface area contributed by atoms with Crippen LogP contribution in [0.2, 0.25) is 0 Å². The number of likely N-dealkylation sites (tertiary alicyclic amines) is 1. The van der Waals surface area contributed by atoms with E-state index in [0.717, 1.165) is 32.1 Å². The molecule has 1 saturated heterocycles. The van der Waals surface area contributed by atoms with Gasteiger partial charge < -0.3 is 19.7 Å². The van der Waals surface area contributed by atoms with Crippen LogP contribution in [0.5, 0.6) is 0 Å². The van der Waals surface area contributed by atoms with Crippen molar-refractivity contribution >= 4 is 11.7 Å². The number of aliphatic hydroxyl groups excluding tert-OH is 1. The summed E-state index contributed by atoms with van der Waals surface area (Å²) in [6, 6.07) is -0.575. The zero-order valence-corrected chi connectivity index (χ0v) is 19.6. The molecule has 2 heterocycles. The van der Waals surface area contributed by atoms with E-state index in [4.69, 9.17) is 4.42 Å². The summed E-state index contributed by atoms with van der Waals surface area (Å²) in [5, 5.41) is 22.0. The third-order valence-corrected chi connectivity index (χ3v) is 6.68. The molecule has 2 N–H and O–H groups in total. The number of Topliss-reactive ketones (excluding diaryl/α,β-unsaturated/α-hetero) is 1. The maximum atomic E-state index is 13.0. The maximum absolute atomic E-state index is 13.0. The normalized spacial score (nSPS) is 22.0. The van der Waals surface area contributed by atoms with Crippen LogP contribution in [0.15, 0.2) is 4.42 Å². The van der Waals surface area contributed by atoms with E-state index in [1.54, 1.807) is 4.90 Å². The molecular formula is C23H38N4O4. The lowest BCUT2D eigenvalue weighted by Gasteiger charge is -2.38. The van der Waals surface area contributed by atoms with Crippen LogP contribution >= 0.6 is 0 Å². The molecule has 8 nitrogen and oxygen atoms in total. The number of hydrogen-bond acceptors (Lipinski definition) is 7. The number of aromatic nitrogens is 2. The molecule has 1 amide bonds. The second-order valence-corrected chi connectivity index (χ2v) is 10.7. The number of nitrogens with zero attached hydrogens (tertiary/aromatic N) is 3. The zero-order valence-electron chi connectivity index (χ0n) is 19.6. The first-order valence-corrected chi connectivity index (χ1v) is 11.6. The molecule has 1 aromatic heterocycles. The highest BCUT2D eigenvalue weighted by Crippen LogP contribution is 2.31. The molecular weight excluding hydrogens is 396 g/mol. The molecule has 174 valence electrons. The van der Waals surface area contributed by atoms with Crippen molar-refractivity contribution < 1.29 is 19.1 Å². The highest BCUT2D eigenvalue weighted by molar-refractivity contribution is 5.98. The molecule has 1 aliphatic heterocycles. The number of hydrogen-bond donors (Lipinski definition) is 2. The Morgan fingerprint density at radius 3 is 2.39 bits per heavy atom. The summed E-state index contributed by atoms with van der Waals surface area (Å²) in [6.45, 7) is 10.3. The SMILES string of the molecule is CC(C)(C)c1nnc(C(=O)C2CCCN2C(=O)CNC(C)(C)C(O)C2CCCCC2)o1. The first-order chi connectivity index (χ1) is 14.5. The fourth-order valence-electron chi connectivity index (χ4n) is 4.65. The van der Waals surface area contributed by atoms with Gasteiger partial charge in [-0.05, 0) is 45.4 Å². The van der Waals surface area contributed by atoms with Crippen LogP contribution in [-0.2, 0) is 10.2 Å². The van der Waals surface area contributed by atoms with Crippen LogP contribution in [0.4, 0.5) is 0 Å². The average molecular weight is 435 g/mol. The quantitative estimate of drug-likeness (QED) is 0.635. The van der Waals surface area contributed by atoms with Gasteiger partial charge in [0, 0.05) is 17.5 Å². The molecule has 31 heavy (non-hydrogen) atoms. The summed E-state index contributed by atoms with van der Waals surface area (Å²) in [6.07, 6.45) is 6.44. The standard InChI is InChI=1S/C23H38N4O4/c1-22(2,3)21-26-25-20(31-21)18(29)16-12-9-13-27(16)17(28)14-24-23(4,5)19(30)15-10-7-6-8-11-15/h15-16,19,24,30H,6-14H2,1-5H3. The Kier molecular flexibility index (Phi) is 7.21. The zero-order chi connectivity index (χ0) is 22.8. The van der Waals surface area contributed by atoms with Crippen molar-refractivity contribution in [2.75, 3.05) is 13.1 Å². The average Bonchev–Trinajstić information content (AvgIpc) is 3.41. The smallest absolute Gasteiger partial charge is 0.286 e. The lowest BCUT2D eigenvalue weighted by atomic mass is 9.78. The Morgan fingerprint density at radius 1 is 1.10 bits per heavy atom. The van der Waals surface area contributed by atoms with Crippen molar-refractivity contribution in [2.45, 2.75) is 103 Å². The van der Waals surface area contributed by atoms with Gasteiger partial charge in [-0.15, -0.1) is 10.2 Å². The van der Waals surface area contributed by atoms with E-state index in [2.05, 4.69) is 15.5 Å². The van der Waals surface area contributed by atoms with Gasteiger partial charge in [0.1, 0.15) is 6.04 Å². The summed E-state index contributed by atoms with van der Waals surface area (Å²) in [4.78, 5) is 27.5. The van der Waals surface area contributed by atoms with Crippen molar-refractivity contribution in [1.29, 1.82) is 0 Å². The second kappa shape index (κ2) is 9.36. The van der Waals surface area contributed by atoms with E-state index in [9.17, 15) is 14.7 Å². The Bertz CT molecular complexity index is 777. The lowest BCUT2D eigenvalue weighted by molar-refractivity contribution is -0.131. The summed E-state index contributed by atoms with van der Waals surface area (Å²) in [5.41, 5.74) is -0.920. The molecule has 0 aromatic carbocycles. The van der Waals surface area contributed by atoms with Gasteiger partial charge in [0.2, 0.25) is 17.6 Å². The van der Waals surface area contributed by atoms with Gasteiger partial charge in [-0.2, -0.15) is 0 Å². The van der Waals surface area contributed by atoms with Gasteiger partial charge in [0.05, 0.1) is 12.6 Å². The summed E-state index contributed by atoms with van der Waals surface area (Å²) in [5.74, 6) is 0.204.